The van der Waals surface area contributed by atoms with Gasteiger partial charge < -0.3 is 5.32 Å². The largest absolute Gasteiger partial charge is 0.308 e. The molecule has 1 heterocycles. The van der Waals surface area contributed by atoms with Gasteiger partial charge in [-0.3, -0.25) is 0 Å². The maximum Gasteiger partial charge on any atom is 0.127 e. The van der Waals surface area contributed by atoms with Crippen LogP contribution in [0, 0.1) is 5.82 Å². The van der Waals surface area contributed by atoms with E-state index in [0.717, 1.165) is 19.3 Å². The fourth-order valence-electron chi connectivity index (χ4n) is 1.48. The summed E-state index contributed by atoms with van der Waals surface area (Å²) in [6.07, 6.45) is 0. The molecule has 96 valence electrons. The third kappa shape index (κ3) is 3.87. The molecule has 0 fully saturated rings. The van der Waals surface area contributed by atoms with E-state index < -0.39 is 0 Å². The van der Waals surface area contributed by atoms with Crippen LogP contribution >= 0.6 is 59.1 Å². The standard InChI is InChI=1S/C12H9Br3FNS/c13-8-1-2-11(16)7(3-8)5-17-6-9-4-10(14)12(15)18-9/h1-4,17H,5-6H2. The second-order valence-electron chi connectivity index (χ2n) is 3.67. The smallest absolute Gasteiger partial charge is 0.127 e. The highest BCUT2D eigenvalue weighted by Gasteiger charge is 2.05. The van der Waals surface area contributed by atoms with Crippen LogP contribution in [-0.4, -0.2) is 0 Å². The molecule has 0 atom stereocenters. The van der Waals surface area contributed by atoms with Crippen LogP contribution in [0.5, 0.6) is 0 Å². The molecule has 2 rings (SSSR count). The van der Waals surface area contributed by atoms with Crippen molar-refractivity contribution in [1.29, 1.82) is 0 Å². The summed E-state index contributed by atoms with van der Waals surface area (Å²) in [6.45, 7) is 1.24. The zero-order valence-electron chi connectivity index (χ0n) is 9.14. The van der Waals surface area contributed by atoms with Crippen molar-refractivity contribution < 1.29 is 4.39 Å². The Kier molecular flexibility index (Phi) is 5.38. The Morgan fingerprint density at radius 2 is 1.89 bits per heavy atom. The van der Waals surface area contributed by atoms with Gasteiger partial charge in [0.1, 0.15) is 5.82 Å². The number of rotatable bonds is 4. The Balaban J connectivity index is 1.94. The van der Waals surface area contributed by atoms with Gasteiger partial charge in [0.2, 0.25) is 0 Å². The lowest BCUT2D eigenvalue weighted by Crippen LogP contribution is -2.12. The number of halogens is 4. The molecule has 0 aliphatic heterocycles. The molecule has 2 aromatic rings. The number of nitrogens with one attached hydrogen (secondary N) is 1. The van der Waals surface area contributed by atoms with Crippen molar-refractivity contribution in [1.82, 2.24) is 5.32 Å². The molecular weight excluding hydrogens is 449 g/mol. The molecule has 0 radical (unpaired) electrons. The van der Waals surface area contributed by atoms with Gasteiger partial charge >= 0.3 is 0 Å². The number of hydrogen-bond acceptors (Lipinski definition) is 2. The Morgan fingerprint density at radius 3 is 2.56 bits per heavy atom. The van der Waals surface area contributed by atoms with E-state index in [9.17, 15) is 4.39 Å². The van der Waals surface area contributed by atoms with Gasteiger partial charge in [0.05, 0.1) is 3.79 Å². The highest BCUT2D eigenvalue weighted by atomic mass is 79.9. The highest BCUT2D eigenvalue weighted by Crippen LogP contribution is 2.32. The van der Waals surface area contributed by atoms with Gasteiger partial charge in [0, 0.05) is 32.5 Å². The molecule has 1 N–H and O–H groups in total. The summed E-state index contributed by atoms with van der Waals surface area (Å²) < 4.78 is 16.5. The van der Waals surface area contributed by atoms with Crippen LogP contribution < -0.4 is 5.32 Å². The molecule has 1 nitrogen and oxygen atoms in total. The van der Waals surface area contributed by atoms with E-state index in [-0.39, 0.29) is 5.82 Å². The molecule has 0 aliphatic carbocycles. The van der Waals surface area contributed by atoms with Crippen LogP contribution in [0.3, 0.4) is 0 Å². The van der Waals surface area contributed by atoms with Crippen molar-refractivity contribution >= 4 is 59.1 Å². The fourth-order valence-corrected chi connectivity index (χ4v) is 4.03. The monoisotopic (exact) mass is 455 g/mol. The summed E-state index contributed by atoms with van der Waals surface area (Å²) in [5, 5.41) is 3.23. The van der Waals surface area contributed by atoms with Crippen LogP contribution in [0.15, 0.2) is 37.0 Å². The van der Waals surface area contributed by atoms with Gasteiger partial charge in [0.15, 0.2) is 0 Å². The number of thiophene rings is 1. The maximum atomic E-state index is 13.5. The van der Waals surface area contributed by atoms with E-state index in [1.165, 1.54) is 10.9 Å². The molecule has 18 heavy (non-hydrogen) atoms. The zero-order chi connectivity index (χ0) is 13.1. The molecule has 1 aromatic heterocycles. The van der Waals surface area contributed by atoms with E-state index in [4.69, 9.17) is 0 Å². The second-order valence-corrected chi connectivity index (χ2v) is 7.90. The minimum Gasteiger partial charge on any atom is -0.308 e. The topological polar surface area (TPSA) is 12.0 Å². The van der Waals surface area contributed by atoms with Crippen molar-refractivity contribution in [3.05, 3.63) is 53.3 Å². The molecule has 0 bridgehead atoms. The predicted molar refractivity (Wildman–Crippen MR) is 84.4 cm³/mol. The molecule has 1 aromatic carbocycles. The molecule has 0 unspecified atom stereocenters. The SMILES string of the molecule is Fc1ccc(Br)cc1CNCc1cc(Br)c(Br)s1. The summed E-state index contributed by atoms with van der Waals surface area (Å²) >= 11 is 11.9. The lowest BCUT2D eigenvalue weighted by Gasteiger charge is -2.05. The third-order valence-electron chi connectivity index (χ3n) is 2.32. The number of hydrogen-bond donors (Lipinski definition) is 1. The Labute approximate surface area is 134 Å². The van der Waals surface area contributed by atoms with Crippen LogP contribution in [0.25, 0.3) is 0 Å². The van der Waals surface area contributed by atoms with E-state index in [1.54, 1.807) is 23.5 Å². The van der Waals surface area contributed by atoms with Crippen molar-refractivity contribution in [3.63, 3.8) is 0 Å². The molecule has 0 saturated carbocycles. The molecule has 0 saturated heterocycles. The normalized spacial score (nSPS) is 10.9. The van der Waals surface area contributed by atoms with E-state index in [0.29, 0.717) is 12.1 Å². The van der Waals surface area contributed by atoms with E-state index in [1.807, 2.05) is 0 Å². The minimum absolute atomic E-state index is 0.181. The first-order valence-electron chi connectivity index (χ1n) is 5.14. The first-order valence-corrected chi connectivity index (χ1v) is 8.34. The molecule has 0 amide bonds. The average Bonchev–Trinajstić information content (AvgIpc) is 2.63. The van der Waals surface area contributed by atoms with Crippen molar-refractivity contribution in [2.75, 3.05) is 0 Å². The van der Waals surface area contributed by atoms with Gasteiger partial charge in [-0.2, -0.15) is 0 Å². The van der Waals surface area contributed by atoms with Crippen LogP contribution in [0.1, 0.15) is 10.4 Å². The van der Waals surface area contributed by atoms with Crippen molar-refractivity contribution in [3.8, 4) is 0 Å². The molecular formula is C12H9Br3FNS. The summed E-state index contributed by atoms with van der Waals surface area (Å²) in [4.78, 5) is 1.20. The van der Waals surface area contributed by atoms with Gasteiger partial charge in [-0.05, 0) is 56.1 Å². The highest BCUT2D eigenvalue weighted by molar-refractivity contribution is 9.13. The summed E-state index contributed by atoms with van der Waals surface area (Å²) in [5.74, 6) is -0.181. The Hall–Kier alpha value is 0.250. The van der Waals surface area contributed by atoms with Crippen LogP contribution in [0.2, 0.25) is 0 Å². The van der Waals surface area contributed by atoms with Crippen LogP contribution in [-0.2, 0) is 13.1 Å². The minimum atomic E-state index is -0.181. The first-order chi connectivity index (χ1) is 8.56. The van der Waals surface area contributed by atoms with E-state index in [2.05, 4.69) is 59.2 Å². The quantitative estimate of drug-likeness (QED) is 0.642. The Bertz CT molecular complexity index is 537. The summed E-state index contributed by atoms with van der Waals surface area (Å²) in [6, 6.07) is 7.02. The summed E-state index contributed by atoms with van der Waals surface area (Å²) in [5.41, 5.74) is 0.666. The molecule has 0 spiro atoms. The van der Waals surface area contributed by atoms with Crippen LogP contribution in [0.4, 0.5) is 4.39 Å². The number of benzene rings is 1. The predicted octanol–water partition coefficient (Wildman–Crippen LogP) is 5.46. The molecule has 6 heteroatoms. The van der Waals surface area contributed by atoms with Gasteiger partial charge in [-0.25, -0.2) is 4.39 Å². The fraction of sp³-hybridized carbons (Fsp3) is 0.167. The van der Waals surface area contributed by atoms with E-state index >= 15 is 0 Å². The van der Waals surface area contributed by atoms with Crippen molar-refractivity contribution in [2.45, 2.75) is 13.1 Å². The average molecular weight is 458 g/mol. The summed E-state index contributed by atoms with van der Waals surface area (Å²) in [7, 11) is 0. The lowest BCUT2D eigenvalue weighted by molar-refractivity contribution is 0.588. The lowest BCUT2D eigenvalue weighted by atomic mass is 10.2. The molecule has 0 aliphatic rings. The van der Waals surface area contributed by atoms with Crippen molar-refractivity contribution in [2.24, 2.45) is 0 Å². The first kappa shape index (κ1) is 14.7. The van der Waals surface area contributed by atoms with Gasteiger partial charge in [0.25, 0.3) is 0 Å². The zero-order valence-corrected chi connectivity index (χ0v) is 14.7. The maximum absolute atomic E-state index is 13.5. The Morgan fingerprint density at radius 1 is 1.11 bits per heavy atom. The second kappa shape index (κ2) is 6.61. The van der Waals surface area contributed by atoms with Gasteiger partial charge in [-0.1, -0.05) is 15.9 Å². The van der Waals surface area contributed by atoms with Gasteiger partial charge in [-0.15, -0.1) is 11.3 Å². The third-order valence-corrected chi connectivity index (χ3v) is 6.07.